The first kappa shape index (κ1) is 47.6. The van der Waals surface area contributed by atoms with Crippen molar-refractivity contribution < 1.29 is 56.8 Å². The molecule has 22 nitrogen and oxygen atoms in total. The number of aromatic nitrogens is 6. The van der Waals surface area contributed by atoms with Crippen molar-refractivity contribution in [3.63, 3.8) is 0 Å². The number of H-pyrrole nitrogens is 3. The third-order valence-electron chi connectivity index (χ3n) is 7.50. The first-order valence-corrected chi connectivity index (χ1v) is 21.6. The van der Waals surface area contributed by atoms with Crippen molar-refractivity contribution in [1.82, 2.24) is 29.9 Å². The van der Waals surface area contributed by atoms with E-state index in [4.69, 9.17) is 66.0 Å². The van der Waals surface area contributed by atoms with Gasteiger partial charge in [-0.05, 0) is 50.3 Å². The van der Waals surface area contributed by atoms with Crippen LogP contribution in [0.25, 0.3) is 31.8 Å². The van der Waals surface area contributed by atoms with Crippen LogP contribution in [0.4, 0.5) is 23.0 Å². The molecular formula is C34H33ClN10O12P2S2. The number of benzene rings is 2. The predicted octanol–water partition coefficient (Wildman–Crippen LogP) is 6.85. The van der Waals surface area contributed by atoms with E-state index in [9.17, 15) is 18.7 Å². The van der Waals surface area contributed by atoms with Crippen molar-refractivity contribution in [2.45, 2.75) is 19.0 Å². The van der Waals surface area contributed by atoms with Gasteiger partial charge in [0.1, 0.15) is 29.3 Å². The van der Waals surface area contributed by atoms with Crippen molar-refractivity contribution in [3.05, 3.63) is 87.5 Å². The molecule has 0 radical (unpaired) electrons. The summed E-state index contributed by atoms with van der Waals surface area (Å²) in [5, 5.41) is 5.51. The Kier molecular flexibility index (Phi) is 16.4. The van der Waals surface area contributed by atoms with E-state index in [0.717, 1.165) is 28.4 Å². The molecule has 61 heavy (non-hydrogen) atoms. The number of amides is 2. The number of methoxy groups -OCH3 is 2. The molecule has 0 saturated carbocycles. The van der Waals surface area contributed by atoms with E-state index in [2.05, 4.69) is 59.3 Å². The summed E-state index contributed by atoms with van der Waals surface area (Å²) < 4.78 is 41.3. The van der Waals surface area contributed by atoms with Crippen molar-refractivity contribution in [3.8, 4) is 23.0 Å². The number of nitrogens with one attached hydrogen (secondary N) is 5. The number of hydrogen-bond acceptors (Lipinski definition) is 13. The van der Waals surface area contributed by atoms with E-state index in [1.54, 1.807) is 13.1 Å². The summed E-state index contributed by atoms with van der Waals surface area (Å²) in [4.78, 5) is 86.8. The van der Waals surface area contributed by atoms with Crippen LogP contribution in [-0.2, 0) is 18.7 Å². The number of phosphoric ester groups is 2. The lowest BCUT2D eigenvalue weighted by molar-refractivity contribution is -0.114. The standard InChI is InChI=1S/C17H16N5O6PS.C9H11ClNO6P.C8H6N4S/c1-9-15-11(7-19-16(9)18-2)21-17(22-15)30-8-14(23)20-10-4-5-12(27-3)13(6-10)28-29(24,25)26;1-16-7-3-2-6(11-9(12)5-10)4-8(7)17-18(13,14)15;1-4-6-5(11-8(13)12-6)3-10-7(4)9-2/h4-7H,8H2,1,3H3,(H,20,23)(H,21,22)(H2,24,25,26);2-4H,5H2,1H3,(H,11,12)(H2,13,14,15);3H,1H3,(H2,11,12,13). The maximum atomic E-state index is 12.3. The van der Waals surface area contributed by atoms with Gasteiger partial charge in [-0.1, -0.05) is 24.9 Å². The number of rotatable bonds is 12. The normalized spacial score (nSPS) is 10.9. The average molecular weight is 935 g/mol. The quantitative estimate of drug-likeness (QED) is 0.0199. The lowest BCUT2D eigenvalue weighted by atomic mass is 10.2. The van der Waals surface area contributed by atoms with Crippen LogP contribution in [-0.4, -0.2) is 87.1 Å². The highest BCUT2D eigenvalue weighted by Gasteiger charge is 2.21. The number of aryl methyl sites for hydroxylation is 2. The fraction of sp³-hybridized carbons (Fsp3) is 0.176. The largest absolute Gasteiger partial charge is 0.524 e. The zero-order chi connectivity index (χ0) is 45.1. The van der Waals surface area contributed by atoms with E-state index in [1.165, 1.54) is 56.8 Å². The maximum Gasteiger partial charge on any atom is 0.524 e. The zero-order valence-corrected chi connectivity index (χ0v) is 36.1. The number of nitrogens with zero attached hydrogens (tertiary/aromatic N) is 5. The Labute approximate surface area is 359 Å². The Balaban J connectivity index is 0.000000223. The van der Waals surface area contributed by atoms with Crippen LogP contribution in [0, 0.1) is 31.8 Å². The summed E-state index contributed by atoms with van der Waals surface area (Å²) in [5.74, 6) is -0.505. The number of thioether (sulfide) groups is 1. The van der Waals surface area contributed by atoms with Crippen LogP contribution in [0.1, 0.15) is 11.1 Å². The number of carbonyl (C=O) groups excluding carboxylic acids is 2. The van der Waals surface area contributed by atoms with Gasteiger partial charge in [-0.2, -0.15) is 0 Å². The second-order valence-corrected chi connectivity index (χ2v) is 15.7. The second-order valence-electron chi connectivity index (χ2n) is 11.7. The van der Waals surface area contributed by atoms with Gasteiger partial charge in [0.2, 0.25) is 11.8 Å². The van der Waals surface area contributed by atoms with Gasteiger partial charge in [-0.15, -0.1) is 21.6 Å². The minimum absolute atomic E-state index is 0.0166. The Hall–Kier alpha value is -6.04. The third kappa shape index (κ3) is 13.7. The highest BCUT2D eigenvalue weighted by atomic mass is 35.5. The second kappa shape index (κ2) is 21.0. The lowest BCUT2D eigenvalue weighted by Gasteiger charge is -2.13. The molecule has 27 heteroatoms. The Bertz CT molecular complexity index is 2830. The van der Waals surface area contributed by atoms with Gasteiger partial charge in [0.05, 0.1) is 31.0 Å². The van der Waals surface area contributed by atoms with E-state index in [1.807, 2.05) is 6.92 Å². The van der Waals surface area contributed by atoms with Crippen molar-refractivity contribution in [1.29, 1.82) is 0 Å². The summed E-state index contributed by atoms with van der Waals surface area (Å²) in [5.41, 5.74) is 5.04. The smallest absolute Gasteiger partial charge is 0.493 e. The van der Waals surface area contributed by atoms with Gasteiger partial charge in [-0.3, -0.25) is 29.2 Å². The average Bonchev–Trinajstić information content (AvgIpc) is 3.80. The molecule has 0 bridgehead atoms. The molecule has 2 aromatic carbocycles. The molecule has 0 spiro atoms. The van der Waals surface area contributed by atoms with Gasteiger partial charge < -0.3 is 53.8 Å². The van der Waals surface area contributed by atoms with Gasteiger partial charge in [0, 0.05) is 34.6 Å². The molecule has 9 N–H and O–H groups in total. The molecule has 0 atom stereocenters. The molecule has 0 aliphatic heterocycles. The van der Waals surface area contributed by atoms with Crippen LogP contribution < -0.4 is 29.2 Å². The fourth-order valence-corrected chi connectivity index (χ4v) is 6.68. The number of ether oxygens (including phenoxy) is 2. The first-order valence-electron chi connectivity index (χ1n) is 16.6. The zero-order valence-electron chi connectivity index (χ0n) is 31.9. The van der Waals surface area contributed by atoms with Crippen LogP contribution >= 0.6 is 51.2 Å². The number of fused-ring (bicyclic) bond motifs is 2. The molecule has 0 fully saturated rings. The van der Waals surface area contributed by atoms with Crippen molar-refractivity contribution >= 4 is 108 Å². The number of aromatic amines is 3. The number of anilines is 2. The summed E-state index contributed by atoms with van der Waals surface area (Å²) in [7, 11) is -6.86. The number of carbonyl (C=O) groups is 2. The van der Waals surface area contributed by atoms with E-state index in [-0.39, 0.29) is 57.7 Å². The fourth-order valence-electron chi connectivity index (χ4n) is 4.92. The van der Waals surface area contributed by atoms with E-state index < -0.39 is 21.6 Å². The molecule has 320 valence electrons. The topological polar surface area (TPSA) is 305 Å². The molecule has 4 aromatic heterocycles. The highest BCUT2D eigenvalue weighted by Crippen LogP contribution is 2.44. The molecule has 6 rings (SSSR count). The molecule has 0 saturated heterocycles. The lowest BCUT2D eigenvalue weighted by Crippen LogP contribution is -2.14. The van der Waals surface area contributed by atoms with E-state index >= 15 is 0 Å². The summed E-state index contributed by atoms with van der Waals surface area (Å²) >= 11 is 11.4. The molecule has 0 aliphatic rings. The Morgan fingerprint density at radius 3 is 1.80 bits per heavy atom. The molecule has 2 amide bonds. The molecular weight excluding hydrogens is 902 g/mol. The Morgan fingerprint density at radius 2 is 1.31 bits per heavy atom. The van der Waals surface area contributed by atoms with Gasteiger partial charge in [0.25, 0.3) is 11.6 Å². The summed E-state index contributed by atoms with van der Waals surface area (Å²) in [6.45, 7) is 17.6. The first-order chi connectivity index (χ1) is 28.8. The number of hydrogen-bond donors (Lipinski definition) is 9. The molecule has 0 unspecified atom stereocenters. The van der Waals surface area contributed by atoms with Crippen LogP contribution in [0.3, 0.4) is 0 Å². The van der Waals surface area contributed by atoms with Gasteiger partial charge in [0.15, 0.2) is 32.9 Å². The van der Waals surface area contributed by atoms with Crippen LogP contribution in [0.5, 0.6) is 23.0 Å². The number of imidazole rings is 2. The monoisotopic (exact) mass is 934 g/mol. The maximum absolute atomic E-state index is 12.3. The Morgan fingerprint density at radius 1 is 0.803 bits per heavy atom. The van der Waals surface area contributed by atoms with E-state index in [0.29, 0.717) is 32.3 Å². The van der Waals surface area contributed by atoms with Gasteiger partial charge in [-0.25, -0.2) is 14.1 Å². The van der Waals surface area contributed by atoms with Crippen LogP contribution in [0.2, 0.25) is 0 Å². The third-order valence-corrected chi connectivity index (χ3v) is 9.69. The molecule has 0 aliphatic carbocycles. The summed E-state index contributed by atoms with van der Waals surface area (Å²) in [6.07, 6.45) is 3.13. The number of phosphoric acid groups is 2. The number of halogens is 1. The van der Waals surface area contributed by atoms with Crippen LogP contribution in [0.15, 0.2) is 53.9 Å². The summed E-state index contributed by atoms with van der Waals surface area (Å²) in [6, 6.07) is 8.28. The minimum Gasteiger partial charge on any atom is -0.493 e. The van der Waals surface area contributed by atoms with Crippen molar-refractivity contribution in [2.75, 3.05) is 36.5 Å². The van der Waals surface area contributed by atoms with Crippen molar-refractivity contribution in [2.24, 2.45) is 0 Å². The molecule has 6 aromatic rings. The predicted molar refractivity (Wildman–Crippen MR) is 227 cm³/mol. The number of alkyl halides is 1. The number of pyridine rings is 2. The highest BCUT2D eigenvalue weighted by molar-refractivity contribution is 7.99. The molecule has 4 heterocycles. The SMILES string of the molecule is COc1ccc(NC(=O)CCl)cc1OP(=O)(O)O.[C-]#[N+]c1ncc2[nH]c(=S)[nH]c2c1C.[C-]#[N+]c1ncc2[nH]c(SCC(=O)Nc3ccc(OC)c(OP(=O)(O)O)c3)nc2c1C. The minimum atomic E-state index is -4.79. The van der Waals surface area contributed by atoms with Gasteiger partial charge >= 0.3 is 15.6 Å².